The molecule has 0 aromatic heterocycles. The first-order chi connectivity index (χ1) is 7.51. The van der Waals surface area contributed by atoms with Crippen LogP contribution in [0.25, 0.3) is 0 Å². The van der Waals surface area contributed by atoms with Crippen LogP contribution in [-0.4, -0.2) is 37.3 Å². The van der Waals surface area contributed by atoms with Gasteiger partial charge in [0, 0.05) is 24.2 Å². The van der Waals surface area contributed by atoms with E-state index >= 15 is 0 Å². The van der Waals surface area contributed by atoms with Crippen LogP contribution in [0.1, 0.15) is 13.3 Å². The number of nitrogens with one attached hydrogen (secondary N) is 2. The summed E-state index contributed by atoms with van der Waals surface area (Å²) < 4.78 is 0. The number of primary amides is 1. The average molecular weight is 241 g/mol. The minimum absolute atomic E-state index is 0.0757. The Bertz CT molecular complexity index is 405. The summed E-state index contributed by atoms with van der Waals surface area (Å²) in [6, 6.07) is 0.196. The van der Waals surface area contributed by atoms with Crippen LogP contribution in [-0.2, 0) is 4.79 Å². The highest BCUT2D eigenvalue weighted by Crippen LogP contribution is 2.33. The van der Waals surface area contributed by atoms with E-state index in [0.717, 1.165) is 16.2 Å². The Kier molecular flexibility index (Phi) is 4.35. The number of hydrogen-bond donors (Lipinski definition) is 3. The molecule has 0 spiro atoms. The smallest absolute Gasteiger partial charge is 0.222 e. The summed E-state index contributed by atoms with van der Waals surface area (Å²) in [7, 11) is 3.72. The van der Waals surface area contributed by atoms with Gasteiger partial charge in [0.1, 0.15) is 0 Å². The Balaban J connectivity index is 3.12. The number of carbonyl (C=O) groups is 1. The molecule has 0 saturated heterocycles. The van der Waals surface area contributed by atoms with Crippen molar-refractivity contribution >= 4 is 21.4 Å². The Morgan fingerprint density at radius 1 is 1.56 bits per heavy atom. The summed E-state index contributed by atoms with van der Waals surface area (Å²) in [4.78, 5) is 11.0. The second-order valence-corrected chi connectivity index (χ2v) is 5.37. The summed E-state index contributed by atoms with van der Waals surface area (Å²) in [6.45, 7) is 2.07. The van der Waals surface area contributed by atoms with Crippen molar-refractivity contribution in [1.82, 2.24) is 10.6 Å². The zero-order valence-corrected chi connectivity index (χ0v) is 11.0. The van der Waals surface area contributed by atoms with E-state index in [1.54, 1.807) is 0 Å². The van der Waals surface area contributed by atoms with Gasteiger partial charge in [0.15, 0.2) is 0 Å². The number of likely N-dealkylation sites (N-methyl/N-ethyl adjacent to an activating group) is 1. The van der Waals surface area contributed by atoms with Gasteiger partial charge in [-0.1, -0.05) is 15.5 Å². The number of nitrogens with two attached hydrogens (primary N) is 1. The van der Waals surface area contributed by atoms with E-state index in [9.17, 15) is 4.79 Å². The monoisotopic (exact) mass is 241 g/mol. The zero-order chi connectivity index (χ0) is 12.3. The molecule has 90 valence electrons. The van der Waals surface area contributed by atoms with Gasteiger partial charge in [0.25, 0.3) is 0 Å². The van der Waals surface area contributed by atoms with Crippen LogP contribution in [0.5, 0.6) is 0 Å². The van der Waals surface area contributed by atoms with Gasteiger partial charge < -0.3 is 16.4 Å². The van der Waals surface area contributed by atoms with Gasteiger partial charge in [-0.15, -0.1) is 0 Å². The zero-order valence-electron chi connectivity index (χ0n) is 10.2. The van der Waals surface area contributed by atoms with Gasteiger partial charge in [-0.25, -0.2) is 0 Å². The molecule has 4 N–H and O–H groups in total. The van der Waals surface area contributed by atoms with Gasteiger partial charge in [-0.05, 0) is 20.2 Å². The van der Waals surface area contributed by atoms with Crippen molar-refractivity contribution in [2.24, 2.45) is 5.73 Å². The van der Waals surface area contributed by atoms with Crippen molar-refractivity contribution in [1.29, 1.82) is 0 Å². The standard InChI is InChI=1S/C11H19N3OS/c1-7(13-2)10-8(5-9(12)15)6-16(4)11(10)14-3/h7,13-14H,5H2,1-4H3,(H2,12,15). The number of carbonyl (C=O) groups excluding carboxylic acids is 1. The molecule has 2 atom stereocenters. The number of hydrogen-bond acceptors (Lipinski definition) is 3. The highest BCUT2D eigenvalue weighted by Gasteiger charge is 2.23. The van der Waals surface area contributed by atoms with Gasteiger partial charge in [-0.3, -0.25) is 4.79 Å². The first-order valence-electron chi connectivity index (χ1n) is 5.17. The minimum Gasteiger partial charge on any atom is -0.383 e. The second-order valence-electron chi connectivity index (χ2n) is 3.74. The van der Waals surface area contributed by atoms with Gasteiger partial charge in [0.2, 0.25) is 5.91 Å². The molecular weight excluding hydrogens is 222 g/mol. The van der Waals surface area contributed by atoms with E-state index in [1.807, 2.05) is 14.1 Å². The normalized spacial score (nSPS) is 21.5. The maximum Gasteiger partial charge on any atom is 0.222 e. The van der Waals surface area contributed by atoms with Crippen LogP contribution >= 0.6 is 10.5 Å². The van der Waals surface area contributed by atoms with Crippen LogP contribution in [0.4, 0.5) is 0 Å². The fraction of sp³-hybridized carbons (Fsp3) is 0.545. The Morgan fingerprint density at radius 2 is 2.19 bits per heavy atom. The molecule has 4 nitrogen and oxygen atoms in total. The Hall–Kier alpha value is -1.03. The molecule has 1 heterocycles. The molecule has 0 saturated carbocycles. The lowest BCUT2D eigenvalue weighted by Crippen LogP contribution is -2.28. The molecule has 0 aromatic carbocycles. The van der Waals surface area contributed by atoms with Gasteiger partial charge >= 0.3 is 0 Å². The Morgan fingerprint density at radius 3 is 2.62 bits per heavy atom. The van der Waals surface area contributed by atoms with Crippen molar-refractivity contribution in [3.63, 3.8) is 0 Å². The van der Waals surface area contributed by atoms with Gasteiger partial charge in [0.05, 0.1) is 11.4 Å². The Labute approximate surface area is 98.9 Å². The van der Waals surface area contributed by atoms with E-state index in [1.165, 1.54) is 0 Å². The van der Waals surface area contributed by atoms with Crippen LogP contribution < -0.4 is 16.4 Å². The fourth-order valence-corrected chi connectivity index (χ4v) is 3.38. The first kappa shape index (κ1) is 13.0. The average Bonchev–Trinajstić information content (AvgIpc) is 2.52. The van der Waals surface area contributed by atoms with Crippen molar-refractivity contribution in [2.75, 3.05) is 20.4 Å². The molecule has 0 aliphatic carbocycles. The van der Waals surface area contributed by atoms with Gasteiger partial charge in [-0.2, -0.15) is 0 Å². The third-order valence-corrected chi connectivity index (χ3v) is 4.19. The highest BCUT2D eigenvalue weighted by molar-refractivity contribution is 8.17. The molecule has 0 aromatic rings. The molecule has 0 bridgehead atoms. The maximum absolute atomic E-state index is 11.0. The summed E-state index contributed by atoms with van der Waals surface area (Å²) in [5.74, 6) is -0.308. The van der Waals surface area contributed by atoms with E-state index in [2.05, 4.69) is 28.8 Å². The molecule has 16 heavy (non-hydrogen) atoms. The topological polar surface area (TPSA) is 67.2 Å². The SMILES string of the molecule is CNC1=C(C(C)NC)C(CC(N)=O)=C=S1C. The summed E-state index contributed by atoms with van der Waals surface area (Å²) in [5, 5.41) is 10.9. The van der Waals surface area contributed by atoms with Crippen LogP contribution in [0.3, 0.4) is 0 Å². The number of amides is 1. The molecular formula is C11H19N3OS. The van der Waals surface area contributed by atoms with Crippen molar-refractivity contribution in [3.8, 4) is 0 Å². The number of rotatable bonds is 5. The quantitative estimate of drug-likeness (QED) is 0.600. The molecule has 1 aliphatic rings. The van der Waals surface area contributed by atoms with E-state index < -0.39 is 0 Å². The third kappa shape index (κ3) is 2.55. The third-order valence-electron chi connectivity index (χ3n) is 2.60. The molecule has 1 rings (SSSR count). The van der Waals surface area contributed by atoms with Crippen molar-refractivity contribution < 1.29 is 4.79 Å². The van der Waals surface area contributed by atoms with Crippen molar-refractivity contribution in [2.45, 2.75) is 19.4 Å². The first-order valence-corrected chi connectivity index (χ1v) is 6.80. The van der Waals surface area contributed by atoms with Crippen LogP contribution in [0.15, 0.2) is 16.2 Å². The second kappa shape index (κ2) is 5.34. The molecule has 2 unspecified atom stereocenters. The van der Waals surface area contributed by atoms with Crippen LogP contribution in [0.2, 0.25) is 0 Å². The molecule has 1 amide bonds. The van der Waals surface area contributed by atoms with Crippen LogP contribution in [0, 0.1) is 0 Å². The lowest BCUT2D eigenvalue weighted by molar-refractivity contribution is -0.117. The molecule has 5 heteroatoms. The fourth-order valence-electron chi connectivity index (χ4n) is 1.79. The predicted octanol–water partition coefficient (Wildman–Crippen LogP) is 0.141. The molecule has 0 fully saturated rings. The summed E-state index contributed by atoms with van der Waals surface area (Å²) in [6.07, 6.45) is 2.35. The largest absolute Gasteiger partial charge is 0.383 e. The summed E-state index contributed by atoms with van der Waals surface area (Å²) >= 11 is 0. The lowest BCUT2D eigenvalue weighted by Gasteiger charge is -2.17. The van der Waals surface area contributed by atoms with E-state index in [-0.39, 0.29) is 28.9 Å². The molecule has 0 radical (unpaired) electrons. The van der Waals surface area contributed by atoms with E-state index in [0.29, 0.717) is 0 Å². The maximum atomic E-state index is 11.0. The van der Waals surface area contributed by atoms with E-state index in [4.69, 9.17) is 5.73 Å². The molecule has 1 aliphatic heterocycles. The predicted molar refractivity (Wildman–Crippen MR) is 70.5 cm³/mol. The lowest BCUT2D eigenvalue weighted by atomic mass is 9.99. The van der Waals surface area contributed by atoms with Crippen molar-refractivity contribution in [3.05, 3.63) is 16.2 Å². The summed E-state index contributed by atoms with van der Waals surface area (Å²) in [5.41, 5.74) is 7.32. The minimum atomic E-state index is -0.308. The highest BCUT2D eigenvalue weighted by atomic mass is 32.2.